The number of hydrogen-bond donors (Lipinski definition) is 5. The zero-order chi connectivity index (χ0) is 17.9. The molecule has 0 aliphatic carbocycles. The highest BCUT2D eigenvalue weighted by Gasteiger charge is 2.26. The van der Waals surface area contributed by atoms with Gasteiger partial charge in [0.2, 0.25) is 17.7 Å². The van der Waals surface area contributed by atoms with Crippen LogP contribution in [0.4, 0.5) is 0 Å². The molecule has 8 heteroatoms. The predicted octanol–water partition coefficient (Wildman–Crippen LogP) is 0.0331. The Balaban J connectivity index is 2.61. The maximum Gasteiger partial charge on any atom is 0.243 e. The molecule has 0 spiro atoms. The summed E-state index contributed by atoms with van der Waals surface area (Å²) in [5.74, 6) is -0.311. The summed E-state index contributed by atoms with van der Waals surface area (Å²) in [6.45, 7) is 4.43. The number of nitrogens with one attached hydrogen (secondary N) is 5. The minimum Gasteiger partial charge on any atom is -0.374 e. The van der Waals surface area contributed by atoms with Crippen LogP contribution in [0.5, 0.6) is 0 Å². The van der Waals surface area contributed by atoms with Gasteiger partial charge in [0.15, 0.2) is 0 Å². The SMILES string of the molecule is CCC(=N)NCCC[C@@H]1NC(=O)C(NC(C)=O)CCCCNC1=O. The van der Waals surface area contributed by atoms with E-state index in [1.54, 1.807) is 0 Å². The predicted molar refractivity (Wildman–Crippen MR) is 91.7 cm³/mol. The van der Waals surface area contributed by atoms with Crippen LogP contribution in [0.15, 0.2) is 0 Å². The molecule has 1 rings (SSSR count). The van der Waals surface area contributed by atoms with Crippen LogP contribution in [-0.2, 0) is 14.4 Å². The third kappa shape index (κ3) is 7.43. The van der Waals surface area contributed by atoms with Crippen LogP contribution in [-0.4, -0.2) is 48.7 Å². The third-order valence-electron chi connectivity index (χ3n) is 3.91. The lowest BCUT2D eigenvalue weighted by Gasteiger charge is -2.24. The molecule has 1 saturated heterocycles. The molecule has 2 atom stereocenters. The normalized spacial score (nSPS) is 22.1. The van der Waals surface area contributed by atoms with Gasteiger partial charge < -0.3 is 21.3 Å². The fraction of sp³-hybridized carbons (Fsp3) is 0.750. The van der Waals surface area contributed by atoms with Crippen molar-refractivity contribution < 1.29 is 14.4 Å². The average Bonchev–Trinajstić information content (AvgIpc) is 2.54. The second-order valence-corrected chi connectivity index (χ2v) is 6.00. The molecule has 8 nitrogen and oxygen atoms in total. The van der Waals surface area contributed by atoms with Gasteiger partial charge in [-0.05, 0) is 32.1 Å². The molecule has 3 amide bonds. The zero-order valence-electron chi connectivity index (χ0n) is 14.5. The summed E-state index contributed by atoms with van der Waals surface area (Å²) in [5, 5.41) is 18.7. The molecule has 0 saturated carbocycles. The molecule has 24 heavy (non-hydrogen) atoms. The van der Waals surface area contributed by atoms with Crippen LogP contribution in [0.2, 0.25) is 0 Å². The molecule has 0 aromatic heterocycles. The van der Waals surface area contributed by atoms with Gasteiger partial charge >= 0.3 is 0 Å². The lowest BCUT2D eigenvalue weighted by atomic mass is 10.0. The van der Waals surface area contributed by atoms with E-state index in [0.29, 0.717) is 44.6 Å². The number of rotatable bonds is 6. The minimum absolute atomic E-state index is 0.197. The first-order valence-electron chi connectivity index (χ1n) is 8.60. The van der Waals surface area contributed by atoms with E-state index in [1.165, 1.54) is 6.92 Å². The first-order chi connectivity index (χ1) is 11.4. The Hall–Kier alpha value is -2.12. The Morgan fingerprint density at radius 1 is 1.29 bits per heavy atom. The molecular formula is C16H29N5O3. The van der Waals surface area contributed by atoms with Crippen molar-refractivity contribution in [3.63, 3.8) is 0 Å². The molecule has 0 radical (unpaired) electrons. The molecule has 5 N–H and O–H groups in total. The topological polar surface area (TPSA) is 123 Å². The molecule has 1 aliphatic heterocycles. The van der Waals surface area contributed by atoms with Crippen molar-refractivity contribution in [2.24, 2.45) is 0 Å². The first-order valence-corrected chi connectivity index (χ1v) is 8.60. The molecule has 0 aromatic carbocycles. The molecule has 1 unspecified atom stereocenters. The van der Waals surface area contributed by atoms with Crippen molar-refractivity contribution in [1.29, 1.82) is 5.41 Å². The van der Waals surface area contributed by atoms with Crippen molar-refractivity contribution >= 4 is 23.6 Å². The molecular weight excluding hydrogens is 310 g/mol. The Morgan fingerprint density at radius 3 is 2.71 bits per heavy atom. The number of amidine groups is 1. The van der Waals surface area contributed by atoms with E-state index in [0.717, 1.165) is 12.8 Å². The fourth-order valence-electron chi connectivity index (χ4n) is 2.53. The van der Waals surface area contributed by atoms with E-state index < -0.39 is 12.1 Å². The second kappa shape index (κ2) is 10.6. The van der Waals surface area contributed by atoms with E-state index in [1.807, 2.05) is 6.92 Å². The monoisotopic (exact) mass is 339 g/mol. The summed E-state index contributed by atoms with van der Waals surface area (Å²) in [5.41, 5.74) is 0. The van der Waals surface area contributed by atoms with E-state index in [4.69, 9.17) is 5.41 Å². The maximum absolute atomic E-state index is 12.4. The second-order valence-electron chi connectivity index (χ2n) is 6.00. The summed E-state index contributed by atoms with van der Waals surface area (Å²) in [6, 6.07) is -1.22. The van der Waals surface area contributed by atoms with E-state index in [2.05, 4.69) is 21.3 Å². The Morgan fingerprint density at radius 2 is 2.04 bits per heavy atom. The van der Waals surface area contributed by atoms with E-state index in [-0.39, 0.29) is 17.7 Å². The van der Waals surface area contributed by atoms with Crippen LogP contribution in [0.1, 0.15) is 52.4 Å². The summed E-state index contributed by atoms with van der Waals surface area (Å²) in [6.07, 6.45) is 3.87. The standard InChI is InChI=1S/C16H29N5O3/c1-3-14(17)18-10-6-8-12-15(23)19-9-5-4-7-13(16(24)21-12)20-11(2)22/h12-13H,3-10H2,1-2H3,(H2,17,18)(H,19,23)(H,20,22)(H,21,24)/t12-,13?/m0/s1. The number of amides is 3. The highest BCUT2D eigenvalue weighted by atomic mass is 16.2. The van der Waals surface area contributed by atoms with Gasteiger partial charge in [-0.25, -0.2) is 0 Å². The highest BCUT2D eigenvalue weighted by Crippen LogP contribution is 2.06. The highest BCUT2D eigenvalue weighted by molar-refractivity contribution is 5.91. The zero-order valence-corrected chi connectivity index (χ0v) is 14.5. The van der Waals surface area contributed by atoms with Gasteiger partial charge in [-0.15, -0.1) is 0 Å². The van der Waals surface area contributed by atoms with Crippen LogP contribution < -0.4 is 21.3 Å². The number of hydrogen-bond acceptors (Lipinski definition) is 4. The number of carbonyl (C=O) groups excluding carboxylic acids is 3. The summed E-state index contributed by atoms with van der Waals surface area (Å²) >= 11 is 0. The Bertz CT molecular complexity index is 467. The van der Waals surface area contributed by atoms with Crippen LogP contribution in [0.25, 0.3) is 0 Å². The quantitative estimate of drug-likeness (QED) is 0.266. The molecule has 1 aliphatic rings. The smallest absolute Gasteiger partial charge is 0.243 e. The van der Waals surface area contributed by atoms with Gasteiger partial charge in [0, 0.05) is 26.4 Å². The van der Waals surface area contributed by atoms with Gasteiger partial charge in [-0.2, -0.15) is 0 Å². The largest absolute Gasteiger partial charge is 0.374 e. The van der Waals surface area contributed by atoms with Gasteiger partial charge in [-0.1, -0.05) is 6.92 Å². The summed E-state index contributed by atoms with van der Waals surface area (Å²) in [7, 11) is 0. The van der Waals surface area contributed by atoms with Gasteiger partial charge in [0.05, 0.1) is 5.84 Å². The van der Waals surface area contributed by atoms with Crippen molar-refractivity contribution in [2.75, 3.05) is 13.1 Å². The maximum atomic E-state index is 12.4. The first kappa shape index (κ1) is 19.9. The van der Waals surface area contributed by atoms with Crippen molar-refractivity contribution in [3.8, 4) is 0 Å². The van der Waals surface area contributed by atoms with E-state index >= 15 is 0 Å². The van der Waals surface area contributed by atoms with Crippen LogP contribution in [0.3, 0.4) is 0 Å². The fourth-order valence-corrected chi connectivity index (χ4v) is 2.53. The Kier molecular flexibility index (Phi) is 8.81. The average molecular weight is 339 g/mol. The van der Waals surface area contributed by atoms with Gasteiger partial charge in [0.25, 0.3) is 0 Å². The third-order valence-corrected chi connectivity index (χ3v) is 3.91. The minimum atomic E-state index is -0.621. The molecule has 136 valence electrons. The summed E-state index contributed by atoms with van der Waals surface area (Å²) < 4.78 is 0. The van der Waals surface area contributed by atoms with Crippen LogP contribution >= 0.6 is 0 Å². The van der Waals surface area contributed by atoms with Gasteiger partial charge in [-0.3, -0.25) is 19.8 Å². The summed E-state index contributed by atoms with van der Waals surface area (Å²) in [4.78, 5) is 35.8. The van der Waals surface area contributed by atoms with Crippen LogP contribution in [0, 0.1) is 5.41 Å². The number of carbonyl (C=O) groups is 3. The lowest BCUT2D eigenvalue weighted by Crippen LogP contribution is -2.54. The van der Waals surface area contributed by atoms with E-state index in [9.17, 15) is 14.4 Å². The molecule has 0 bridgehead atoms. The van der Waals surface area contributed by atoms with Crippen molar-refractivity contribution in [3.05, 3.63) is 0 Å². The Labute approximate surface area is 143 Å². The van der Waals surface area contributed by atoms with Crippen molar-refractivity contribution in [2.45, 2.75) is 64.5 Å². The molecule has 0 aromatic rings. The lowest BCUT2D eigenvalue weighted by molar-refractivity contribution is -0.132. The molecule has 1 heterocycles. The van der Waals surface area contributed by atoms with Gasteiger partial charge in [0.1, 0.15) is 12.1 Å². The molecule has 1 fully saturated rings. The van der Waals surface area contributed by atoms with Crippen molar-refractivity contribution in [1.82, 2.24) is 21.3 Å².